The molecule has 1 fully saturated rings. The first-order valence-corrected chi connectivity index (χ1v) is 9.13. The van der Waals surface area contributed by atoms with Gasteiger partial charge in [0.1, 0.15) is 0 Å². The summed E-state index contributed by atoms with van der Waals surface area (Å²) in [4.78, 5) is 17.4. The van der Waals surface area contributed by atoms with Crippen LogP contribution in [0.3, 0.4) is 0 Å². The van der Waals surface area contributed by atoms with Crippen LogP contribution in [0.5, 0.6) is 0 Å². The van der Waals surface area contributed by atoms with E-state index in [9.17, 15) is 10.1 Å². The third-order valence-electron chi connectivity index (χ3n) is 4.43. The molecular weight excluding hydrogens is 336 g/mol. The molecule has 1 aromatic heterocycles. The Bertz CT molecular complexity index is 901. The number of rotatable bonds is 5. The topological polar surface area (TPSA) is 71.3 Å². The van der Waals surface area contributed by atoms with E-state index in [0.29, 0.717) is 6.54 Å². The molecule has 0 unspecified atom stereocenters. The number of aromatic nitrogens is 1. The van der Waals surface area contributed by atoms with Gasteiger partial charge >= 0.3 is 0 Å². The van der Waals surface area contributed by atoms with Crippen molar-refractivity contribution in [1.29, 1.82) is 0 Å². The quantitative estimate of drug-likeness (QED) is 0.542. The van der Waals surface area contributed by atoms with Gasteiger partial charge in [-0.1, -0.05) is 23.5 Å². The van der Waals surface area contributed by atoms with Crippen LogP contribution in [0.1, 0.15) is 18.4 Å². The van der Waals surface area contributed by atoms with E-state index in [1.807, 2.05) is 0 Å². The van der Waals surface area contributed by atoms with E-state index < -0.39 is 0 Å². The number of hydrogen-bond acceptors (Lipinski definition) is 6. The fraction of sp³-hybridized carbons (Fsp3) is 0.278. The molecule has 0 radical (unpaired) electrons. The minimum atomic E-state index is -0.381. The average Bonchev–Trinajstić information content (AvgIpc) is 3.29. The molecule has 25 heavy (non-hydrogen) atoms. The van der Waals surface area contributed by atoms with Gasteiger partial charge < -0.3 is 10.2 Å². The number of nitrogens with one attached hydrogen (secondary N) is 1. The molecule has 1 saturated heterocycles. The highest BCUT2D eigenvalue weighted by atomic mass is 32.1. The molecule has 2 aromatic carbocycles. The average molecular weight is 354 g/mol. The Labute approximate surface area is 149 Å². The first kappa shape index (κ1) is 15.8. The predicted molar refractivity (Wildman–Crippen MR) is 101 cm³/mol. The number of non-ortho nitro benzene ring substituents is 1. The van der Waals surface area contributed by atoms with Crippen molar-refractivity contribution in [1.82, 2.24) is 4.98 Å². The highest BCUT2D eigenvalue weighted by Gasteiger charge is 2.12. The molecule has 4 rings (SSSR count). The van der Waals surface area contributed by atoms with E-state index in [-0.39, 0.29) is 10.6 Å². The molecule has 128 valence electrons. The van der Waals surface area contributed by atoms with Gasteiger partial charge in [-0.15, -0.1) is 0 Å². The van der Waals surface area contributed by atoms with Crippen molar-refractivity contribution in [2.45, 2.75) is 19.4 Å². The van der Waals surface area contributed by atoms with Crippen molar-refractivity contribution in [3.63, 3.8) is 0 Å². The number of nitro groups is 1. The minimum absolute atomic E-state index is 0.0974. The Morgan fingerprint density at radius 2 is 1.92 bits per heavy atom. The molecule has 1 aliphatic rings. The molecule has 7 heteroatoms. The summed E-state index contributed by atoms with van der Waals surface area (Å²) in [5.74, 6) is 0. The standard InChI is InChI=1S/C18H18N4O2S/c23-22(24)15-7-8-16-17(11-15)25-18(20-16)19-12-13-3-5-14(6-4-13)21-9-1-2-10-21/h3-8,11H,1-2,9-10,12H2,(H,19,20). The maximum Gasteiger partial charge on any atom is 0.270 e. The molecule has 0 spiro atoms. The van der Waals surface area contributed by atoms with Crippen molar-refractivity contribution < 1.29 is 4.92 Å². The van der Waals surface area contributed by atoms with Gasteiger partial charge in [-0.3, -0.25) is 10.1 Å². The summed E-state index contributed by atoms with van der Waals surface area (Å²) in [5.41, 5.74) is 3.35. The Kier molecular flexibility index (Phi) is 4.23. The van der Waals surface area contributed by atoms with Crippen LogP contribution in [0.4, 0.5) is 16.5 Å². The molecule has 1 aliphatic heterocycles. The Balaban J connectivity index is 1.43. The zero-order chi connectivity index (χ0) is 17.2. The fourth-order valence-electron chi connectivity index (χ4n) is 3.08. The minimum Gasteiger partial charge on any atom is -0.372 e. The summed E-state index contributed by atoms with van der Waals surface area (Å²) >= 11 is 1.44. The second kappa shape index (κ2) is 6.68. The molecule has 2 heterocycles. The van der Waals surface area contributed by atoms with Crippen LogP contribution in [0.15, 0.2) is 42.5 Å². The van der Waals surface area contributed by atoms with Crippen molar-refractivity contribution in [2.24, 2.45) is 0 Å². The molecule has 0 saturated carbocycles. The van der Waals surface area contributed by atoms with Crippen molar-refractivity contribution in [3.8, 4) is 0 Å². The van der Waals surface area contributed by atoms with Gasteiger partial charge in [0.05, 0.1) is 15.1 Å². The Morgan fingerprint density at radius 1 is 1.16 bits per heavy atom. The fourth-order valence-corrected chi connectivity index (χ4v) is 3.97. The van der Waals surface area contributed by atoms with E-state index in [1.54, 1.807) is 12.1 Å². The van der Waals surface area contributed by atoms with Gasteiger partial charge in [-0.25, -0.2) is 4.98 Å². The van der Waals surface area contributed by atoms with E-state index in [1.165, 1.54) is 41.5 Å². The summed E-state index contributed by atoms with van der Waals surface area (Å²) < 4.78 is 0.820. The predicted octanol–water partition coefficient (Wildman–Crippen LogP) is 4.42. The third-order valence-corrected chi connectivity index (χ3v) is 5.41. The lowest BCUT2D eigenvalue weighted by molar-refractivity contribution is -0.384. The number of benzene rings is 2. The Morgan fingerprint density at radius 3 is 2.64 bits per heavy atom. The van der Waals surface area contributed by atoms with Crippen LogP contribution < -0.4 is 10.2 Å². The van der Waals surface area contributed by atoms with E-state index >= 15 is 0 Å². The molecule has 0 bridgehead atoms. The van der Waals surface area contributed by atoms with Crippen molar-refractivity contribution in [3.05, 3.63) is 58.1 Å². The van der Waals surface area contributed by atoms with E-state index in [2.05, 4.69) is 39.5 Å². The molecule has 6 nitrogen and oxygen atoms in total. The molecular formula is C18H18N4O2S. The SMILES string of the molecule is O=[N+]([O-])c1ccc2nc(NCc3ccc(N4CCCC4)cc3)sc2c1. The number of thiazole rings is 1. The first-order chi connectivity index (χ1) is 12.2. The summed E-state index contributed by atoms with van der Waals surface area (Å²) in [6.45, 7) is 2.98. The van der Waals surface area contributed by atoms with Crippen LogP contribution in [-0.2, 0) is 6.54 Å². The zero-order valence-corrected chi connectivity index (χ0v) is 14.5. The lowest BCUT2D eigenvalue weighted by Gasteiger charge is -2.17. The summed E-state index contributed by atoms with van der Waals surface area (Å²) in [6.07, 6.45) is 2.55. The summed E-state index contributed by atoms with van der Waals surface area (Å²) in [7, 11) is 0. The number of fused-ring (bicyclic) bond motifs is 1. The number of nitrogens with zero attached hydrogens (tertiary/aromatic N) is 3. The summed E-state index contributed by atoms with van der Waals surface area (Å²) in [6, 6.07) is 13.4. The van der Waals surface area contributed by atoms with Gasteiger partial charge in [-0.05, 0) is 36.6 Å². The van der Waals surface area contributed by atoms with Gasteiger partial charge in [0.25, 0.3) is 5.69 Å². The second-order valence-electron chi connectivity index (χ2n) is 6.14. The lowest BCUT2D eigenvalue weighted by atomic mass is 10.2. The zero-order valence-electron chi connectivity index (χ0n) is 13.6. The summed E-state index contributed by atoms with van der Waals surface area (Å²) in [5, 5.41) is 14.9. The van der Waals surface area contributed by atoms with E-state index in [4.69, 9.17) is 0 Å². The molecule has 0 atom stereocenters. The number of hydrogen-bond donors (Lipinski definition) is 1. The number of anilines is 2. The molecule has 0 aliphatic carbocycles. The third kappa shape index (κ3) is 3.41. The molecule has 3 aromatic rings. The lowest BCUT2D eigenvalue weighted by Crippen LogP contribution is -2.17. The van der Waals surface area contributed by atoms with Crippen LogP contribution in [-0.4, -0.2) is 23.0 Å². The normalized spacial score (nSPS) is 14.2. The van der Waals surface area contributed by atoms with Gasteiger partial charge in [0.2, 0.25) is 0 Å². The molecule has 0 amide bonds. The largest absolute Gasteiger partial charge is 0.372 e. The van der Waals surface area contributed by atoms with Crippen LogP contribution in [0.2, 0.25) is 0 Å². The second-order valence-corrected chi connectivity index (χ2v) is 7.17. The highest BCUT2D eigenvalue weighted by molar-refractivity contribution is 7.22. The first-order valence-electron chi connectivity index (χ1n) is 8.32. The van der Waals surface area contributed by atoms with Gasteiger partial charge in [0.15, 0.2) is 5.13 Å². The van der Waals surface area contributed by atoms with Crippen molar-refractivity contribution in [2.75, 3.05) is 23.3 Å². The van der Waals surface area contributed by atoms with Crippen LogP contribution in [0.25, 0.3) is 10.2 Å². The van der Waals surface area contributed by atoms with Crippen molar-refractivity contribution >= 4 is 38.1 Å². The van der Waals surface area contributed by atoms with Crippen LogP contribution in [0, 0.1) is 10.1 Å². The maximum absolute atomic E-state index is 10.9. The Hall–Kier alpha value is -2.67. The van der Waals surface area contributed by atoms with Gasteiger partial charge in [-0.2, -0.15) is 0 Å². The van der Waals surface area contributed by atoms with Gasteiger partial charge in [0, 0.05) is 37.5 Å². The number of nitro benzene ring substituents is 1. The smallest absolute Gasteiger partial charge is 0.270 e. The monoisotopic (exact) mass is 354 g/mol. The van der Waals surface area contributed by atoms with Crippen LogP contribution >= 0.6 is 11.3 Å². The molecule has 1 N–H and O–H groups in total. The highest BCUT2D eigenvalue weighted by Crippen LogP contribution is 2.29. The maximum atomic E-state index is 10.9. The van der Waals surface area contributed by atoms with E-state index in [0.717, 1.165) is 28.4 Å².